The van der Waals surface area contributed by atoms with E-state index in [1.165, 1.54) is 18.2 Å². The summed E-state index contributed by atoms with van der Waals surface area (Å²) >= 11 is 0. The van der Waals surface area contributed by atoms with E-state index < -0.39 is 17.2 Å². The Morgan fingerprint density at radius 2 is 1.00 bits per heavy atom. The number of carboxylic acid groups (broad SMARTS) is 1. The Bertz CT molecular complexity index is 1960. The lowest BCUT2D eigenvalue weighted by Crippen LogP contribution is -2.41. The Kier molecular flexibility index (Phi) is 12.0. The van der Waals surface area contributed by atoms with Gasteiger partial charge in [-0.3, -0.25) is 0 Å². The van der Waals surface area contributed by atoms with Gasteiger partial charge in [-0.1, -0.05) is 48.5 Å². The second kappa shape index (κ2) is 16.3. The van der Waals surface area contributed by atoms with E-state index in [0.29, 0.717) is 49.1 Å². The van der Waals surface area contributed by atoms with Gasteiger partial charge in [-0.15, -0.1) is 0 Å². The molecule has 10 heteroatoms. The van der Waals surface area contributed by atoms with E-state index in [0.717, 1.165) is 47.2 Å². The van der Waals surface area contributed by atoms with Gasteiger partial charge in [-0.2, -0.15) is 0 Å². The third kappa shape index (κ3) is 10.1. The lowest BCUT2D eigenvalue weighted by molar-refractivity contribution is 0.0194. The number of carboxylic acids is 1. The fraction of sp³-hybridized carbons (Fsp3) is 0.442. The maximum Gasteiger partial charge on any atom is 0.410 e. The van der Waals surface area contributed by atoms with Crippen LogP contribution in [0.1, 0.15) is 111 Å². The lowest BCUT2D eigenvalue weighted by atomic mass is 9.86. The fourth-order valence-corrected chi connectivity index (χ4v) is 7.11. The maximum atomic E-state index is 12.3. The van der Waals surface area contributed by atoms with Crippen LogP contribution >= 0.6 is 0 Å². The van der Waals surface area contributed by atoms with Gasteiger partial charge in [0.2, 0.25) is 0 Å². The first-order chi connectivity index (χ1) is 25.0. The summed E-state index contributed by atoms with van der Waals surface area (Å²) in [4.78, 5) is 51.0. The van der Waals surface area contributed by atoms with Crippen LogP contribution in [0, 0.1) is 0 Å². The normalized spacial score (nSPS) is 15.8. The van der Waals surface area contributed by atoms with Crippen molar-refractivity contribution in [3.05, 3.63) is 95.1 Å². The van der Waals surface area contributed by atoms with E-state index in [2.05, 4.69) is 12.1 Å². The Morgan fingerprint density at radius 3 is 1.38 bits per heavy atom. The van der Waals surface area contributed by atoms with Crippen LogP contribution in [0.3, 0.4) is 0 Å². The zero-order valence-corrected chi connectivity index (χ0v) is 31.9. The molecule has 2 fully saturated rings. The van der Waals surface area contributed by atoms with Crippen LogP contribution in [0.4, 0.5) is 9.59 Å². The zero-order chi connectivity index (χ0) is 38.5. The summed E-state index contributed by atoms with van der Waals surface area (Å²) < 4.78 is 15.7. The van der Waals surface area contributed by atoms with Crippen molar-refractivity contribution in [2.24, 2.45) is 0 Å². The van der Waals surface area contributed by atoms with Gasteiger partial charge >= 0.3 is 24.1 Å². The van der Waals surface area contributed by atoms with E-state index in [-0.39, 0.29) is 18.2 Å². The summed E-state index contributed by atoms with van der Waals surface area (Å²) in [6.07, 6.45) is 3.06. The summed E-state index contributed by atoms with van der Waals surface area (Å²) in [6.45, 7) is 14.0. The second-order valence-corrected chi connectivity index (χ2v) is 15.8. The molecule has 2 amide bonds. The van der Waals surface area contributed by atoms with Crippen LogP contribution in [0.15, 0.2) is 72.8 Å². The molecule has 4 aromatic carbocycles. The van der Waals surface area contributed by atoms with Gasteiger partial charge in [0.15, 0.2) is 0 Å². The van der Waals surface area contributed by atoms with Crippen molar-refractivity contribution in [2.45, 2.75) is 90.3 Å². The molecule has 0 saturated carbocycles. The molecule has 0 atom stereocenters. The predicted molar refractivity (Wildman–Crippen MR) is 206 cm³/mol. The van der Waals surface area contributed by atoms with Crippen molar-refractivity contribution < 1.29 is 38.5 Å². The van der Waals surface area contributed by atoms with E-state index in [9.17, 15) is 24.3 Å². The number of fused-ring (bicyclic) bond motifs is 2. The number of carbonyl (C=O) groups is 4. The standard InChI is InChI=1S/C22H27NO4.C21H25NO4/c1-22(2,3)27-21(25)23-12-10-15(11-13-23)18-7-5-6-16-14-17(20(24)26-4)8-9-19(16)18;1-21(2,3)26-20(25)22-11-9-14(10-12-22)17-6-4-5-15-13-16(19(23)24)7-8-18(15)17/h5-9,14-15H,10-13H2,1-4H3;4-8,13-14H,9-12H2,1-3H3,(H,23,24). The van der Waals surface area contributed by atoms with E-state index in [4.69, 9.17) is 14.2 Å². The van der Waals surface area contributed by atoms with Gasteiger partial charge in [-0.25, -0.2) is 19.2 Å². The lowest BCUT2D eigenvalue weighted by Gasteiger charge is -2.34. The number of esters is 1. The molecule has 2 saturated heterocycles. The number of methoxy groups -OCH3 is 1. The summed E-state index contributed by atoms with van der Waals surface area (Å²) in [6, 6.07) is 23.2. The molecule has 0 aliphatic carbocycles. The number of piperidine rings is 2. The first-order valence-electron chi connectivity index (χ1n) is 18.4. The number of amides is 2. The minimum atomic E-state index is -0.914. The van der Waals surface area contributed by atoms with E-state index in [1.807, 2.05) is 90.1 Å². The molecule has 53 heavy (non-hydrogen) atoms. The first-order valence-corrected chi connectivity index (χ1v) is 18.4. The Morgan fingerprint density at radius 1 is 0.604 bits per heavy atom. The summed E-state index contributed by atoms with van der Waals surface area (Å²) in [5.41, 5.74) is 2.40. The van der Waals surface area contributed by atoms with Crippen molar-refractivity contribution in [3.8, 4) is 0 Å². The molecule has 0 spiro atoms. The highest BCUT2D eigenvalue weighted by molar-refractivity contribution is 5.97. The largest absolute Gasteiger partial charge is 0.478 e. The highest BCUT2D eigenvalue weighted by Crippen LogP contribution is 2.35. The quantitative estimate of drug-likeness (QED) is 0.163. The molecule has 2 aliphatic heterocycles. The molecule has 1 N–H and O–H groups in total. The Balaban J connectivity index is 0.000000204. The van der Waals surface area contributed by atoms with Crippen LogP contribution in [-0.4, -0.2) is 83.5 Å². The molecule has 0 unspecified atom stereocenters. The van der Waals surface area contributed by atoms with Crippen molar-refractivity contribution >= 4 is 45.7 Å². The molecule has 2 heterocycles. The minimum Gasteiger partial charge on any atom is -0.478 e. The number of hydrogen-bond donors (Lipinski definition) is 1. The first kappa shape index (κ1) is 39.1. The number of likely N-dealkylation sites (tertiary alicyclic amines) is 2. The van der Waals surface area contributed by atoms with Crippen LogP contribution in [0.2, 0.25) is 0 Å². The van der Waals surface area contributed by atoms with Crippen LogP contribution < -0.4 is 0 Å². The number of benzene rings is 4. The second-order valence-electron chi connectivity index (χ2n) is 15.8. The molecule has 10 nitrogen and oxygen atoms in total. The van der Waals surface area contributed by atoms with Crippen molar-refractivity contribution in [1.82, 2.24) is 9.80 Å². The highest BCUT2D eigenvalue weighted by Gasteiger charge is 2.29. The predicted octanol–water partition coefficient (Wildman–Crippen LogP) is 9.39. The highest BCUT2D eigenvalue weighted by atomic mass is 16.6. The van der Waals surface area contributed by atoms with Gasteiger partial charge in [-0.05, 0) is 136 Å². The van der Waals surface area contributed by atoms with Crippen molar-refractivity contribution in [3.63, 3.8) is 0 Å². The molecule has 6 rings (SSSR count). The third-order valence-electron chi connectivity index (χ3n) is 9.67. The molecule has 4 aromatic rings. The number of nitrogens with zero attached hydrogens (tertiary/aromatic N) is 2. The molecule has 2 aliphatic rings. The molecule has 282 valence electrons. The maximum absolute atomic E-state index is 12.3. The summed E-state index contributed by atoms with van der Waals surface area (Å²) in [7, 11) is 1.39. The molecular weight excluding hydrogens is 672 g/mol. The van der Waals surface area contributed by atoms with Gasteiger partial charge in [0, 0.05) is 26.2 Å². The summed E-state index contributed by atoms with van der Waals surface area (Å²) in [5, 5.41) is 13.4. The summed E-state index contributed by atoms with van der Waals surface area (Å²) in [5.74, 6) is -0.500. The average Bonchev–Trinajstić information content (AvgIpc) is 3.12. The monoisotopic (exact) mass is 724 g/mol. The van der Waals surface area contributed by atoms with Crippen LogP contribution in [0.5, 0.6) is 0 Å². The van der Waals surface area contributed by atoms with E-state index >= 15 is 0 Å². The van der Waals surface area contributed by atoms with Crippen LogP contribution in [0.25, 0.3) is 21.5 Å². The average molecular weight is 725 g/mol. The van der Waals surface area contributed by atoms with Gasteiger partial charge in [0.1, 0.15) is 11.2 Å². The number of ether oxygens (including phenoxy) is 3. The van der Waals surface area contributed by atoms with Gasteiger partial charge < -0.3 is 29.1 Å². The Hall–Kier alpha value is -5.12. The molecule has 0 bridgehead atoms. The van der Waals surface area contributed by atoms with E-state index in [1.54, 1.807) is 21.9 Å². The minimum absolute atomic E-state index is 0.235. The third-order valence-corrected chi connectivity index (χ3v) is 9.67. The van der Waals surface area contributed by atoms with Gasteiger partial charge in [0.25, 0.3) is 0 Å². The topological polar surface area (TPSA) is 123 Å². The SMILES string of the molecule is CC(C)(C)OC(=O)N1CCC(c2cccc3cc(C(=O)O)ccc23)CC1.COC(=O)c1ccc2c(C3CCN(C(=O)OC(C)(C)C)CC3)cccc2c1. The van der Waals surface area contributed by atoms with Gasteiger partial charge in [0.05, 0.1) is 18.2 Å². The van der Waals surface area contributed by atoms with Crippen molar-refractivity contribution in [2.75, 3.05) is 33.3 Å². The zero-order valence-electron chi connectivity index (χ0n) is 31.9. The van der Waals surface area contributed by atoms with Crippen molar-refractivity contribution in [1.29, 1.82) is 0 Å². The Labute approximate surface area is 312 Å². The molecule has 0 radical (unpaired) electrons. The number of carbonyl (C=O) groups excluding carboxylic acids is 3. The van der Waals surface area contributed by atoms with Crippen LogP contribution in [-0.2, 0) is 14.2 Å². The number of aromatic carboxylic acids is 1. The molecular formula is C43H52N2O8. The molecule has 0 aromatic heterocycles. The smallest absolute Gasteiger partial charge is 0.410 e. The number of rotatable bonds is 4. The fourth-order valence-electron chi connectivity index (χ4n) is 7.11. The number of hydrogen-bond acceptors (Lipinski definition) is 7.